The van der Waals surface area contributed by atoms with Crippen LogP contribution in [0.3, 0.4) is 0 Å². The van der Waals surface area contributed by atoms with Crippen molar-refractivity contribution in [2.24, 2.45) is 0 Å². The number of nitriles is 1. The van der Waals surface area contributed by atoms with Crippen LogP contribution >= 0.6 is 0 Å². The van der Waals surface area contributed by atoms with Gasteiger partial charge in [0.2, 0.25) is 0 Å². The highest BCUT2D eigenvalue weighted by Gasteiger charge is 2.51. The Labute approximate surface area is 128 Å². The molecule has 1 aliphatic rings. The molecular formula is C17H24BNO2. The molecule has 3 nitrogen and oxygen atoms in total. The van der Waals surface area contributed by atoms with E-state index in [1.165, 1.54) is 5.56 Å². The lowest BCUT2D eigenvalue weighted by Crippen LogP contribution is -2.41. The van der Waals surface area contributed by atoms with Crippen LogP contribution < -0.4 is 5.46 Å². The van der Waals surface area contributed by atoms with Crippen molar-refractivity contribution in [1.82, 2.24) is 0 Å². The van der Waals surface area contributed by atoms with Gasteiger partial charge in [-0.1, -0.05) is 31.2 Å². The highest BCUT2D eigenvalue weighted by molar-refractivity contribution is 6.62. The van der Waals surface area contributed by atoms with E-state index in [1.54, 1.807) is 0 Å². The van der Waals surface area contributed by atoms with Gasteiger partial charge in [0.05, 0.1) is 17.3 Å². The van der Waals surface area contributed by atoms with Crippen LogP contribution in [-0.2, 0) is 9.31 Å². The molecule has 4 heteroatoms. The minimum atomic E-state index is -0.338. The molecule has 1 unspecified atom stereocenters. The Kier molecular flexibility index (Phi) is 4.46. The molecule has 0 aromatic heterocycles. The van der Waals surface area contributed by atoms with E-state index in [9.17, 15) is 0 Å². The summed E-state index contributed by atoms with van der Waals surface area (Å²) in [6.07, 6.45) is 1.50. The van der Waals surface area contributed by atoms with Gasteiger partial charge in [-0.3, -0.25) is 0 Å². The monoisotopic (exact) mass is 285 g/mol. The molecular weight excluding hydrogens is 261 g/mol. The van der Waals surface area contributed by atoms with Crippen molar-refractivity contribution < 1.29 is 9.31 Å². The third-order valence-electron chi connectivity index (χ3n) is 4.74. The molecule has 21 heavy (non-hydrogen) atoms. The number of rotatable bonds is 4. The van der Waals surface area contributed by atoms with Crippen molar-refractivity contribution in [3.05, 3.63) is 29.8 Å². The van der Waals surface area contributed by atoms with E-state index in [0.717, 1.165) is 11.9 Å². The summed E-state index contributed by atoms with van der Waals surface area (Å²) in [6, 6.07) is 10.5. The Hall–Kier alpha value is -1.31. The minimum Gasteiger partial charge on any atom is -0.399 e. The predicted molar refractivity (Wildman–Crippen MR) is 85.4 cm³/mol. The fraction of sp³-hybridized carbons (Fsp3) is 0.588. The van der Waals surface area contributed by atoms with E-state index in [1.807, 2.05) is 12.1 Å². The zero-order valence-electron chi connectivity index (χ0n) is 13.6. The lowest BCUT2D eigenvalue weighted by molar-refractivity contribution is 0.00578. The maximum Gasteiger partial charge on any atom is 0.494 e. The van der Waals surface area contributed by atoms with Crippen LogP contribution in [0.2, 0.25) is 0 Å². The number of hydrogen-bond acceptors (Lipinski definition) is 3. The van der Waals surface area contributed by atoms with Crippen LogP contribution in [0.4, 0.5) is 0 Å². The topological polar surface area (TPSA) is 42.2 Å². The average Bonchev–Trinajstić information content (AvgIpc) is 2.65. The second-order valence-electron chi connectivity index (χ2n) is 6.73. The average molecular weight is 285 g/mol. The van der Waals surface area contributed by atoms with Gasteiger partial charge in [0, 0.05) is 6.42 Å². The quantitative estimate of drug-likeness (QED) is 0.796. The summed E-state index contributed by atoms with van der Waals surface area (Å²) in [4.78, 5) is 0. The van der Waals surface area contributed by atoms with E-state index in [4.69, 9.17) is 14.6 Å². The van der Waals surface area contributed by atoms with E-state index in [2.05, 4.69) is 52.8 Å². The molecule has 1 aliphatic heterocycles. The molecule has 1 aromatic carbocycles. The summed E-state index contributed by atoms with van der Waals surface area (Å²) >= 11 is 0. The maximum absolute atomic E-state index is 8.95. The first-order valence-corrected chi connectivity index (χ1v) is 7.63. The molecule has 0 N–H and O–H groups in total. The van der Waals surface area contributed by atoms with Gasteiger partial charge in [0.1, 0.15) is 0 Å². The fourth-order valence-corrected chi connectivity index (χ4v) is 2.55. The largest absolute Gasteiger partial charge is 0.494 e. The van der Waals surface area contributed by atoms with Crippen LogP contribution in [0.5, 0.6) is 0 Å². The van der Waals surface area contributed by atoms with E-state index < -0.39 is 0 Å². The summed E-state index contributed by atoms with van der Waals surface area (Å²) in [6.45, 7) is 10.3. The molecule has 0 spiro atoms. The summed E-state index contributed by atoms with van der Waals surface area (Å²) in [5.74, 6) is 0.275. The molecule has 1 saturated heterocycles. The van der Waals surface area contributed by atoms with Crippen LogP contribution in [0.1, 0.15) is 58.9 Å². The molecule has 2 rings (SSSR count). The predicted octanol–water partition coefficient (Wildman–Crippen LogP) is 3.39. The van der Waals surface area contributed by atoms with Crippen molar-refractivity contribution >= 4 is 12.6 Å². The van der Waals surface area contributed by atoms with Gasteiger partial charge in [0.25, 0.3) is 0 Å². The summed E-state index contributed by atoms with van der Waals surface area (Å²) in [5, 5.41) is 8.95. The van der Waals surface area contributed by atoms with Crippen LogP contribution in [0.25, 0.3) is 0 Å². The highest BCUT2D eigenvalue weighted by Crippen LogP contribution is 2.36. The standard InChI is InChI=1S/C17H24BNO2/c1-6-13(10-11-19)14-8-7-9-15(12-14)18-20-16(2,3)17(4,5)21-18/h7-9,12-13H,6,10H2,1-5H3. The summed E-state index contributed by atoms with van der Waals surface area (Å²) in [5.41, 5.74) is 1.56. The first-order chi connectivity index (χ1) is 9.80. The zero-order valence-corrected chi connectivity index (χ0v) is 13.6. The van der Waals surface area contributed by atoms with Crippen molar-refractivity contribution in [2.75, 3.05) is 0 Å². The van der Waals surface area contributed by atoms with Gasteiger partial charge in [-0.25, -0.2) is 0 Å². The summed E-state index contributed by atoms with van der Waals surface area (Å²) in [7, 11) is -0.338. The molecule has 0 radical (unpaired) electrons. The SMILES string of the molecule is CCC(CC#N)c1cccc(B2OC(C)(C)C(C)(C)O2)c1. The van der Waals surface area contributed by atoms with Gasteiger partial charge in [-0.05, 0) is 51.1 Å². The van der Waals surface area contributed by atoms with Gasteiger partial charge in [-0.2, -0.15) is 5.26 Å². The maximum atomic E-state index is 8.95. The second kappa shape index (κ2) is 5.83. The molecule has 0 amide bonds. The molecule has 1 atom stereocenters. The Morgan fingerprint density at radius 3 is 2.33 bits per heavy atom. The van der Waals surface area contributed by atoms with Crippen LogP contribution in [-0.4, -0.2) is 18.3 Å². The third kappa shape index (κ3) is 3.15. The van der Waals surface area contributed by atoms with Gasteiger partial charge in [0.15, 0.2) is 0 Å². The molecule has 1 aromatic rings. The molecule has 0 bridgehead atoms. The van der Waals surface area contributed by atoms with Gasteiger partial charge in [-0.15, -0.1) is 0 Å². The zero-order chi connectivity index (χ0) is 15.7. The molecule has 0 aliphatic carbocycles. The first kappa shape index (κ1) is 16.1. The lowest BCUT2D eigenvalue weighted by Gasteiger charge is -2.32. The van der Waals surface area contributed by atoms with E-state index >= 15 is 0 Å². The van der Waals surface area contributed by atoms with E-state index in [-0.39, 0.29) is 24.2 Å². The van der Waals surface area contributed by atoms with Gasteiger partial charge >= 0.3 is 7.12 Å². The number of nitrogens with zero attached hydrogens (tertiary/aromatic N) is 1. The Morgan fingerprint density at radius 1 is 1.19 bits per heavy atom. The highest BCUT2D eigenvalue weighted by atomic mass is 16.7. The molecule has 0 saturated carbocycles. The minimum absolute atomic E-state index is 0.275. The second-order valence-corrected chi connectivity index (χ2v) is 6.73. The number of hydrogen-bond donors (Lipinski definition) is 0. The lowest BCUT2D eigenvalue weighted by atomic mass is 9.77. The van der Waals surface area contributed by atoms with Crippen LogP contribution in [0, 0.1) is 11.3 Å². The fourth-order valence-electron chi connectivity index (χ4n) is 2.55. The number of benzene rings is 1. The summed E-state index contributed by atoms with van der Waals surface area (Å²) < 4.78 is 12.2. The molecule has 1 heterocycles. The van der Waals surface area contributed by atoms with E-state index in [0.29, 0.717) is 6.42 Å². The molecule has 1 fully saturated rings. The van der Waals surface area contributed by atoms with Crippen molar-refractivity contribution in [1.29, 1.82) is 5.26 Å². The Morgan fingerprint density at radius 2 is 1.81 bits per heavy atom. The Bertz CT molecular complexity index is 532. The third-order valence-corrected chi connectivity index (χ3v) is 4.74. The van der Waals surface area contributed by atoms with Crippen molar-refractivity contribution in [2.45, 2.75) is 64.6 Å². The van der Waals surface area contributed by atoms with Crippen molar-refractivity contribution in [3.63, 3.8) is 0 Å². The molecule has 112 valence electrons. The van der Waals surface area contributed by atoms with Crippen LogP contribution in [0.15, 0.2) is 24.3 Å². The van der Waals surface area contributed by atoms with Gasteiger partial charge < -0.3 is 9.31 Å². The first-order valence-electron chi connectivity index (χ1n) is 7.63. The smallest absolute Gasteiger partial charge is 0.399 e. The van der Waals surface area contributed by atoms with Crippen molar-refractivity contribution in [3.8, 4) is 6.07 Å². The normalized spacial score (nSPS) is 21.0. The Balaban J connectivity index is 2.25.